The highest BCUT2D eigenvalue weighted by Gasteiger charge is 2.33. The zero-order valence-electron chi connectivity index (χ0n) is 37.8. The van der Waals surface area contributed by atoms with E-state index in [1.54, 1.807) is 16.1 Å². The first kappa shape index (κ1) is 56.4. The van der Waals surface area contributed by atoms with Gasteiger partial charge in [0.1, 0.15) is 36.8 Å². The third-order valence-electron chi connectivity index (χ3n) is 9.96. The van der Waals surface area contributed by atoms with E-state index in [9.17, 15) is 68.1 Å². The SMILES string of the molecule is CC(C)(C)SSCC(NC(=O)OCC1c2ccccc2-c2ccccc21)C(=O)NCCCCCC(=O)NC(CC(=O)NC(CC(=O)NC(CC(=O)NC(CC(=O)O)C(=O)O)C(=O)O)C(=O)O)C(=O)O. The molecule has 0 aliphatic heterocycles. The molecule has 0 spiro atoms. The van der Waals surface area contributed by atoms with E-state index in [0.29, 0.717) is 12.8 Å². The van der Waals surface area contributed by atoms with Crippen LogP contribution in [0, 0.1) is 0 Å². The summed E-state index contributed by atoms with van der Waals surface area (Å²) in [7, 11) is 2.96. The molecule has 2 aromatic rings. The van der Waals surface area contributed by atoms with Crippen LogP contribution in [0.3, 0.4) is 0 Å². The molecule has 6 amide bonds. The molecule has 0 radical (unpaired) electrons. The lowest BCUT2D eigenvalue weighted by atomic mass is 9.98. The third kappa shape index (κ3) is 19.7. The first-order chi connectivity index (χ1) is 32.4. The van der Waals surface area contributed by atoms with Crippen molar-refractivity contribution >= 4 is 87.1 Å². The topological polar surface area (TPSA) is 370 Å². The summed E-state index contributed by atoms with van der Waals surface area (Å²) in [4.78, 5) is 134. The molecule has 69 heavy (non-hydrogen) atoms. The van der Waals surface area contributed by atoms with Crippen molar-refractivity contribution in [2.75, 3.05) is 18.9 Å². The number of rotatable bonds is 29. The first-order valence-corrected chi connectivity index (χ1v) is 23.8. The van der Waals surface area contributed by atoms with Crippen LogP contribution in [0.4, 0.5) is 4.79 Å². The number of hydrogen-bond donors (Lipinski definition) is 11. The van der Waals surface area contributed by atoms with Gasteiger partial charge in [0.15, 0.2) is 0 Å². The average Bonchev–Trinajstić information content (AvgIpc) is 3.58. The molecule has 1 aliphatic rings. The number of carbonyl (C=O) groups excluding carboxylic acids is 6. The molecular formula is C44H56N6O17S2. The molecule has 23 nitrogen and oxygen atoms in total. The van der Waals surface area contributed by atoms with Gasteiger partial charge in [-0.25, -0.2) is 24.0 Å². The second kappa shape index (κ2) is 27.2. The van der Waals surface area contributed by atoms with Gasteiger partial charge in [0.2, 0.25) is 29.5 Å². The van der Waals surface area contributed by atoms with Crippen LogP contribution >= 0.6 is 21.6 Å². The molecule has 25 heteroatoms. The maximum absolute atomic E-state index is 13.3. The second-order valence-electron chi connectivity index (χ2n) is 16.6. The predicted octanol–water partition coefficient (Wildman–Crippen LogP) is 1.67. The number of carbonyl (C=O) groups is 11. The molecule has 376 valence electrons. The predicted molar refractivity (Wildman–Crippen MR) is 248 cm³/mol. The smallest absolute Gasteiger partial charge is 0.407 e. The third-order valence-corrected chi connectivity index (χ3v) is 13.3. The highest BCUT2D eigenvalue weighted by Crippen LogP contribution is 2.44. The molecule has 0 bridgehead atoms. The number of unbranched alkanes of at least 4 members (excludes halogenated alkanes) is 2. The van der Waals surface area contributed by atoms with E-state index < -0.39 is 121 Å². The van der Waals surface area contributed by atoms with E-state index in [0.717, 1.165) is 22.3 Å². The zero-order chi connectivity index (χ0) is 51.4. The number of carboxylic acid groups (broad SMARTS) is 5. The lowest BCUT2D eigenvalue weighted by Gasteiger charge is -2.21. The summed E-state index contributed by atoms with van der Waals surface area (Å²) >= 11 is 0. The van der Waals surface area contributed by atoms with Crippen molar-refractivity contribution < 1.29 is 83.0 Å². The monoisotopic (exact) mass is 1000 g/mol. The van der Waals surface area contributed by atoms with Gasteiger partial charge in [-0.05, 0) is 35.1 Å². The van der Waals surface area contributed by atoms with Gasteiger partial charge >= 0.3 is 35.9 Å². The highest BCUT2D eigenvalue weighted by atomic mass is 33.1. The van der Waals surface area contributed by atoms with Gasteiger partial charge in [-0.1, -0.05) is 97.3 Å². The minimum atomic E-state index is -2.04. The summed E-state index contributed by atoms with van der Waals surface area (Å²) in [6, 6.07) is 6.99. The fourth-order valence-electron chi connectivity index (χ4n) is 6.72. The molecular weight excluding hydrogens is 949 g/mol. The highest BCUT2D eigenvalue weighted by molar-refractivity contribution is 8.77. The summed E-state index contributed by atoms with van der Waals surface area (Å²) in [5.74, 6) is -13.6. The first-order valence-electron chi connectivity index (χ1n) is 21.5. The van der Waals surface area contributed by atoms with E-state index in [2.05, 4.69) is 16.0 Å². The molecule has 11 N–H and O–H groups in total. The molecule has 5 atom stereocenters. The molecule has 0 heterocycles. The van der Waals surface area contributed by atoms with Crippen molar-refractivity contribution in [3.05, 3.63) is 59.7 Å². The van der Waals surface area contributed by atoms with Crippen LogP contribution in [-0.4, -0.2) is 145 Å². The van der Waals surface area contributed by atoms with Gasteiger partial charge in [-0.15, -0.1) is 0 Å². The largest absolute Gasteiger partial charge is 0.481 e. The molecule has 0 aromatic heterocycles. The lowest BCUT2D eigenvalue weighted by Crippen LogP contribution is -2.51. The van der Waals surface area contributed by atoms with Gasteiger partial charge < -0.3 is 62.2 Å². The van der Waals surface area contributed by atoms with Crippen LogP contribution in [0.15, 0.2) is 48.5 Å². The summed E-state index contributed by atoms with van der Waals surface area (Å²) < 4.78 is 5.54. The van der Waals surface area contributed by atoms with Crippen molar-refractivity contribution in [2.45, 2.75) is 113 Å². The maximum Gasteiger partial charge on any atom is 0.407 e. The molecule has 0 saturated carbocycles. The standard InChI is InChI=1S/C44H56N6O17S2/c1-44(2,3)69-68-22-32(50-43(66)67-21-27-25-13-8-6-11-23(25)24-12-7-9-14-26(24)27)38(57)45-16-10-4-5-15-33(51)46-28(39(58)59)17-34(52)47-29(40(60)61)18-35(53)48-30(41(62)63)19-36(54)49-31(42(64)65)20-37(55)56/h6-9,11-14,27-32H,4-5,10,15-22H2,1-3H3,(H,45,57)(H,46,51)(H,47,52)(H,48,53)(H,49,54)(H,50,66)(H,55,56)(H,58,59)(H,60,61)(H,62,63)(H,64,65). The average molecular weight is 1010 g/mol. The number of fused-ring (bicyclic) bond motifs is 3. The van der Waals surface area contributed by atoms with Gasteiger partial charge in [0, 0.05) is 29.4 Å². The Bertz CT molecular complexity index is 2190. The van der Waals surface area contributed by atoms with Crippen molar-refractivity contribution in [2.24, 2.45) is 0 Å². The van der Waals surface area contributed by atoms with E-state index in [-0.39, 0.29) is 42.4 Å². The van der Waals surface area contributed by atoms with E-state index in [1.807, 2.05) is 79.9 Å². The quantitative estimate of drug-likeness (QED) is 0.0408. The van der Waals surface area contributed by atoms with Crippen LogP contribution in [0.2, 0.25) is 0 Å². The Balaban J connectivity index is 1.44. The normalized spacial score (nSPS) is 13.9. The van der Waals surface area contributed by atoms with Gasteiger partial charge in [-0.3, -0.25) is 28.8 Å². The van der Waals surface area contributed by atoms with Crippen molar-refractivity contribution in [1.82, 2.24) is 31.9 Å². The molecule has 0 fully saturated rings. The number of nitrogens with one attached hydrogen (secondary N) is 6. The summed E-state index contributed by atoms with van der Waals surface area (Å²) in [5.41, 5.74) is 4.21. The van der Waals surface area contributed by atoms with Gasteiger partial charge in [0.25, 0.3) is 0 Å². The molecule has 5 unspecified atom stereocenters. The Morgan fingerprint density at radius 3 is 1.43 bits per heavy atom. The van der Waals surface area contributed by atoms with Gasteiger partial charge in [0.05, 0.1) is 25.7 Å². The molecule has 2 aromatic carbocycles. The summed E-state index contributed by atoms with van der Waals surface area (Å²) in [6.45, 7) is 6.27. The van der Waals surface area contributed by atoms with Crippen LogP contribution in [0.25, 0.3) is 11.1 Å². The Hall–Kier alpha value is -6.89. The minimum absolute atomic E-state index is 0.0594. The van der Waals surface area contributed by atoms with Crippen LogP contribution < -0.4 is 31.9 Å². The number of alkyl carbamates (subject to hydrolysis) is 1. The Labute approximate surface area is 403 Å². The fourth-order valence-corrected chi connectivity index (χ4v) is 9.19. The molecule has 1 aliphatic carbocycles. The van der Waals surface area contributed by atoms with Crippen molar-refractivity contribution in [3.8, 4) is 11.1 Å². The maximum atomic E-state index is 13.3. The number of aliphatic carboxylic acids is 5. The van der Waals surface area contributed by atoms with Gasteiger partial charge in [-0.2, -0.15) is 0 Å². The summed E-state index contributed by atoms with van der Waals surface area (Å²) in [5, 5.41) is 59.7. The molecule has 0 saturated heterocycles. The van der Waals surface area contributed by atoms with Crippen LogP contribution in [-0.2, 0) is 52.7 Å². The number of hydrogen-bond acceptors (Lipinski definition) is 14. The summed E-state index contributed by atoms with van der Waals surface area (Å²) in [6.07, 6.45) is -4.14. The number of ether oxygens (including phenoxy) is 1. The lowest BCUT2D eigenvalue weighted by molar-refractivity contribution is -0.148. The van der Waals surface area contributed by atoms with Crippen LogP contribution in [0.5, 0.6) is 0 Å². The van der Waals surface area contributed by atoms with Crippen LogP contribution in [0.1, 0.15) is 89.2 Å². The van der Waals surface area contributed by atoms with Crippen molar-refractivity contribution in [3.63, 3.8) is 0 Å². The van der Waals surface area contributed by atoms with E-state index in [4.69, 9.17) is 14.9 Å². The number of carboxylic acids is 5. The second-order valence-corrected chi connectivity index (χ2v) is 19.8. The zero-order valence-corrected chi connectivity index (χ0v) is 39.4. The number of benzene rings is 2. The molecule has 3 rings (SSSR count). The minimum Gasteiger partial charge on any atom is -0.481 e. The fraction of sp³-hybridized carbons (Fsp3) is 0.477. The van der Waals surface area contributed by atoms with E-state index >= 15 is 0 Å². The Morgan fingerprint density at radius 2 is 1.00 bits per heavy atom. The number of amides is 6. The Morgan fingerprint density at radius 1 is 0.565 bits per heavy atom. The van der Waals surface area contributed by atoms with E-state index in [1.165, 1.54) is 10.8 Å². The Kier molecular flexibility index (Phi) is 22.2. The van der Waals surface area contributed by atoms with Crippen molar-refractivity contribution in [1.29, 1.82) is 0 Å².